The topological polar surface area (TPSA) is 67.3 Å². The number of methoxy groups -OCH3 is 1. The predicted octanol–water partition coefficient (Wildman–Crippen LogP) is 3.29. The number of aromatic nitrogens is 2. The molecular formula is C13H20F2N4O2S. The molecule has 0 saturated carbocycles. The quantitative estimate of drug-likeness (QED) is 0.867. The Morgan fingerprint density at radius 2 is 2.32 bits per heavy atom. The third-order valence-corrected chi connectivity index (χ3v) is 4.66. The average Bonchev–Trinajstić information content (AvgIpc) is 3.07. The first-order chi connectivity index (χ1) is 10.5. The van der Waals surface area contributed by atoms with E-state index in [-0.39, 0.29) is 16.7 Å². The molecule has 0 spiro atoms. The van der Waals surface area contributed by atoms with Crippen molar-refractivity contribution in [2.45, 2.75) is 44.6 Å². The van der Waals surface area contributed by atoms with Crippen molar-refractivity contribution in [3.63, 3.8) is 0 Å². The van der Waals surface area contributed by atoms with Gasteiger partial charge in [0.2, 0.25) is 5.13 Å². The zero-order chi connectivity index (χ0) is 16.2. The van der Waals surface area contributed by atoms with Crippen molar-refractivity contribution < 1.29 is 18.3 Å². The summed E-state index contributed by atoms with van der Waals surface area (Å²) >= 11 is 0.693. The minimum absolute atomic E-state index is 0.0926. The maximum absolute atomic E-state index is 12.5. The van der Waals surface area contributed by atoms with E-state index in [2.05, 4.69) is 22.4 Å². The summed E-state index contributed by atoms with van der Waals surface area (Å²) in [5.41, 5.74) is -0.330. The Bertz CT molecular complexity index is 506. The molecule has 22 heavy (non-hydrogen) atoms. The molecule has 1 aromatic rings. The lowest BCUT2D eigenvalue weighted by molar-refractivity contribution is 0.0540. The first-order valence-corrected chi connectivity index (χ1v) is 8.03. The molecule has 1 fully saturated rings. The third-order valence-electron chi connectivity index (χ3n) is 3.81. The molecule has 1 aliphatic rings. The van der Waals surface area contributed by atoms with E-state index in [1.807, 2.05) is 0 Å². The van der Waals surface area contributed by atoms with Crippen molar-refractivity contribution >= 4 is 22.5 Å². The second-order valence-electron chi connectivity index (χ2n) is 5.34. The highest BCUT2D eigenvalue weighted by atomic mass is 32.1. The number of urea groups is 1. The molecule has 9 heteroatoms. The van der Waals surface area contributed by atoms with E-state index in [1.54, 1.807) is 12.0 Å². The molecule has 6 nitrogen and oxygen atoms in total. The fraction of sp³-hybridized carbons (Fsp3) is 0.769. The molecule has 124 valence electrons. The number of carbonyl (C=O) groups is 1. The number of likely N-dealkylation sites (tertiary alicyclic amines) is 1. The van der Waals surface area contributed by atoms with Crippen LogP contribution in [0, 0.1) is 0 Å². The van der Waals surface area contributed by atoms with E-state index < -0.39 is 11.4 Å². The van der Waals surface area contributed by atoms with E-state index in [9.17, 15) is 13.6 Å². The van der Waals surface area contributed by atoms with Gasteiger partial charge in [-0.05, 0) is 19.3 Å². The van der Waals surface area contributed by atoms with Crippen molar-refractivity contribution in [1.82, 2.24) is 15.1 Å². The smallest absolute Gasteiger partial charge is 0.324 e. The zero-order valence-electron chi connectivity index (χ0n) is 12.6. The van der Waals surface area contributed by atoms with Crippen molar-refractivity contribution in [3.8, 4) is 0 Å². The van der Waals surface area contributed by atoms with Crippen molar-refractivity contribution in [2.75, 3.05) is 25.6 Å². The number of alkyl halides is 2. The van der Waals surface area contributed by atoms with Crippen LogP contribution in [0.15, 0.2) is 0 Å². The Morgan fingerprint density at radius 1 is 1.55 bits per heavy atom. The number of rotatable bonds is 6. The highest BCUT2D eigenvalue weighted by Gasteiger charge is 2.43. The predicted molar refractivity (Wildman–Crippen MR) is 79.3 cm³/mol. The molecule has 0 radical (unpaired) electrons. The number of nitrogens with zero attached hydrogens (tertiary/aromatic N) is 3. The highest BCUT2D eigenvalue weighted by molar-refractivity contribution is 7.15. The molecule has 2 amide bonds. The zero-order valence-corrected chi connectivity index (χ0v) is 13.5. The third kappa shape index (κ3) is 3.52. The van der Waals surface area contributed by atoms with Crippen molar-refractivity contribution in [1.29, 1.82) is 0 Å². The van der Waals surface area contributed by atoms with Crippen LogP contribution in [-0.2, 0) is 4.74 Å². The number of carbonyl (C=O) groups excluding carboxylic acids is 1. The van der Waals surface area contributed by atoms with Gasteiger partial charge in [0.15, 0.2) is 5.01 Å². The van der Waals surface area contributed by atoms with Gasteiger partial charge in [0.05, 0.1) is 12.1 Å². The number of anilines is 1. The van der Waals surface area contributed by atoms with Gasteiger partial charge in [0, 0.05) is 13.7 Å². The SMILES string of the molecule is CCCC1(COC)CCCN1C(=O)Nc1nnc(C(F)F)s1. The maximum atomic E-state index is 12.5. The lowest BCUT2D eigenvalue weighted by Gasteiger charge is -2.37. The molecular weight excluding hydrogens is 314 g/mol. The van der Waals surface area contributed by atoms with Gasteiger partial charge < -0.3 is 9.64 Å². The summed E-state index contributed by atoms with van der Waals surface area (Å²) in [5, 5.41) is 9.22. The monoisotopic (exact) mass is 334 g/mol. The molecule has 1 aliphatic heterocycles. The number of hydrogen-bond donors (Lipinski definition) is 1. The Labute approximate surface area is 131 Å². The van der Waals surface area contributed by atoms with Crippen LogP contribution in [0.5, 0.6) is 0 Å². The Balaban J connectivity index is 2.09. The van der Waals surface area contributed by atoms with Crippen molar-refractivity contribution in [3.05, 3.63) is 5.01 Å². The molecule has 2 rings (SSSR count). The van der Waals surface area contributed by atoms with Gasteiger partial charge in [-0.2, -0.15) is 0 Å². The molecule has 1 saturated heterocycles. The fourth-order valence-electron chi connectivity index (χ4n) is 3.00. The molecule has 2 heterocycles. The van der Waals surface area contributed by atoms with Gasteiger partial charge in [-0.15, -0.1) is 10.2 Å². The fourth-order valence-corrected chi connectivity index (χ4v) is 3.59. The van der Waals surface area contributed by atoms with Gasteiger partial charge in [-0.1, -0.05) is 24.7 Å². The first kappa shape index (κ1) is 17.0. The van der Waals surface area contributed by atoms with Crippen LogP contribution in [0.2, 0.25) is 0 Å². The maximum Gasteiger partial charge on any atom is 0.324 e. The van der Waals surface area contributed by atoms with Crippen LogP contribution in [0.1, 0.15) is 44.0 Å². The summed E-state index contributed by atoms with van der Waals surface area (Å²) in [7, 11) is 1.62. The molecule has 1 aromatic heterocycles. The highest BCUT2D eigenvalue weighted by Crippen LogP contribution is 2.35. The summed E-state index contributed by atoms with van der Waals surface area (Å²) in [6, 6.07) is -0.333. The number of ether oxygens (including phenoxy) is 1. The number of nitrogens with one attached hydrogen (secondary N) is 1. The summed E-state index contributed by atoms with van der Waals surface area (Å²) in [4.78, 5) is 14.2. The normalized spacial score (nSPS) is 21.6. The average molecular weight is 334 g/mol. The van der Waals surface area contributed by atoms with Crippen molar-refractivity contribution in [2.24, 2.45) is 0 Å². The minimum atomic E-state index is -2.68. The van der Waals surface area contributed by atoms with E-state index in [4.69, 9.17) is 4.74 Å². The van der Waals surface area contributed by atoms with Gasteiger partial charge in [0.1, 0.15) is 0 Å². The molecule has 0 bridgehead atoms. The molecule has 1 atom stereocenters. The second-order valence-corrected chi connectivity index (χ2v) is 6.35. The van der Waals surface area contributed by atoms with Crippen LogP contribution in [0.3, 0.4) is 0 Å². The summed E-state index contributed by atoms with van der Waals surface area (Å²) in [6.07, 6.45) is 0.867. The number of halogens is 2. The van der Waals surface area contributed by atoms with Gasteiger partial charge in [-0.25, -0.2) is 13.6 Å². The van der Waals surface area contributed by atoms with E-state index in [0.29, 0.717) is 24.5 Å². The number of hydrogen-bond acceptors (Lipinski definition) is 5. The van der Waals surface area contributed by atoms with Crippen LogP contribution in [-0.4, -0.2) is 46.9 Å². The van der Waals surface area contributed by atoms with E-state index in [1.165, 1.54) is 0 Å². The molecule has 1 N–H and O–H groups in total. The van der Waals surface area contributed by atoms with Gasteiger partial charge in [0.25, 0.3) is 6.43 Å². The number of amides is 2. The minimum Gasteiger partial charge on any atom is -0.382 e. The van der Waals surface area contributed by atoms with E-state index >= 15 is 0 Å². The first-order valence-electron chi connectivity index (χ1n) is 7.21. The molecule has 0 aromatic carbocycles. The van der Waals surface area contributed by atoms with Gasteiger partial charge >= 0.3 is 6.03 Å². The second kappa shape index (κ2) is 7.28. The van der Waals surface area contributed by atoms with Crippen LogP contribution in [0.25, 0.3) is 0 Å². The summed E-state index contributed by atoms with van der Waals surface area (Å²) < 4.78 is 30.3. The van der Waals surface area contributed by atoms with Crippen LogP contribution >= 0.6 is 11.3 Å². The van der Waals surface area contributed by atoms with Gasteiger partial charge in [-0.3, -0.25) is 5.32 Å². The van der Waals surface area contributed by atoms with E-state index in [0.717, 1.165) is 25.7 Å². The Morgan fingerprint density at radius 3 is 2.91 bits per heavy atom. The standard InChI is InChI=1S/C13H20F2N4O2S/c1-3-5-13(8-21-2)6-4-7-19(13)12(20)16-11-18-17-10(22-11)9(14)15/h9H,3-8H2,1-2H3,(H,16,18,20). The molecule has 1 unspecified atom stereocenters. The van der Waals surface area contributed by atoms with Crippen LogP contribution in [0.4, 0.5) is 18.7 Å². The summed E-state index contributed by atoms with van der Waals surface area (Å²) in [5.74, 6) is 0. The largest absolute Gasteiger partial charge is 0.382 e. The Hall–Kier alpha value is -1.35. The lowest BCUT2D eigenvalue weighted by Crippen LogP contribution is -2.51. The molecule has 0 aliphatic carbocycles. The summed E-state index contributed by atoms with van der Waals surface area (Å²) in [6.45, 7) is 3.15. The van der Waals surface area contributed by atoms with Crippen LogP contribution < -0.4 is 5.32 Å². The lowest BCUT2D eigenvalue weighted by atomic mass is 9.91. The Kier molecular flexibility index (Phi) is 5.63.